The summed E-state index contributed by atoms with van der Waals surface area (Å²) < 4.78 is 6.11. The van der Waals surface area contributed by atoms with E-state index in [4.69, 9.17) is 4.74 Å². The van der Waals surface area contributed by atoms with Gasteiger partial charge in [-0.05, 0) is 69.9 Å². The molecule has 2 fully saturated rings. The van der Waals surface area contributed by atoms with Crippen LogP contribution in [0.2, 0.25) is 0 Å². The van der Waals surface area contributed by atoms with E-state index in [2.05, 4.69) is 24.8 Å². The van der Waals surface area contributed by atoms with Gasteiger partial charge in [0.2, 0.25) is 0 Å². The molecule has 1 heterocycles. The van der Waals surface area contributed by atoms with Crippen molar-refractivity contribution in [3.05, 3.63) is 11.6 Å². The topological polar surface area (TPSA) is 29.5 Å². The Bertz CT molecular complexity index is 478. The summed E-state index contributed by atoms with van der Waals surface area (Å²) in [7, 11) is 0. The summed E-state index contributed by atoms with van der Waals surface area (Å²) in [6, 6.07) is 0. The molecule has 1 saturated heterocycles. The van der Waals surface area contributed by atoms with Crippen molar-refractivity contribution in [1.82, 2.24) is 4.90 Å². The first-order valence-electron chi connectivity index (χ1n) is 10.7. The molecule has 1 saturated carbocycles. The predicted octanol–water partition coefficient (Wildman–Crippen LogP) is 4.81. The second kappa shape index (κ2) is 8.70. The summed E-state index contributed by atoms with van der Waals surface area (Å²) in [6.07, 6.45) is 12.9. The molecule has 3 rings (SSSR count). The Hall–Kier alpha value is -0.830. The lowest BCUT2D eigenvalue weighted by molar-refractivity contribution is -0.159. The lowest BCUT2D eigenvalue weighted by Gasteiger charge is -2.38. The lowest BCUT2D eigenvalue weighted by atomic mass is 9.71. The number of carbonyl (C=O) groups is 1. The van der Waals surface area contributed by atoms with E-state index in [1.165, 1.54) is 51.4 Å². The van der Waals surface area contributed by atoms with Crippen molar-refractivity contribution in [2.24, 2.45) is 23.7 Å². The van der Waals surface area contributed by atoms with Gasteiger partial charge in [0.15, 0.2) is 0 Å². The summed E-state index contributed by atoms with van der Waals surface area (Å²) in [5.74, 6) is 1.63. The molecule has 0 radical (unpaired) electrons. The molecule has 142 valence electrons. The van der Waals surface area contributed by atoms with Gasteiger partial charge in [0.1, 0.15) is 6.10 Å². The first-order valence-corrected chi connectivity index (χ1v) is 10.7. The average molecular weight is 348 g/mol. The summed E-state index contributed by atoms with van der Waals surface area (Å²) in [5.41, 5.74) is 1.62. The fraction of sp³-hybridized carbons (Fsp3) is 0.864. The summed E-state index contributed by atoms with van der Waals surface area (Å²) >= 11 is 0. The van der Waals surface area contributed by atoms with Crippen molar-refractivity contribution in [2.75, 3.05) is 19.6 Å². The van der Waals surface area contributed by atoms with Crippen LogP contribution in [0.4, 0.5) is 0 Å². The summed E-state index contributed by atoms with van der Waals surface area (Å²) in [4.78, 5) is 15.2. The van der Waals surface area contributed by atoms with E-state index < -0.39 is 0 Å². The highest BCUT2D eigenvalue weighted by molar-refractivity contribution is 5.72. The van der Waals surface area contributed by atoms with Crippen LogP contribution < -0.4 is 0 Å². The normalized spacial score (nSPS) is 29.8. The minimum absolute atomic E-state index is 0.0124. The van der Waals surface area contributed by atoms with E-state index in [1.807, 2.05) is 6.92 Å². The number of piperidine rings is 1. The third-order valence-corrected chi connectivity index (χ3v) is 6.43. The Kier molecular flexibility index (Phi) is 6.60. The fourth-order valence-electron chi connectivity index (χ4n) is 5.10. The summed E-state index contributed by atoms with van der Waals surface area (Å²) in [5, 5.41) is 0. The van der Waals surface area contributed by atoms with E-state index >= 15 is 0 Å². The molecular formula is C22H37NO2. The van der Waals surface area contributed by atoms with Gasteiger partial charge in [-0.3, -0.25) is 4.79 Å². The number of rotatable bonds is 6. The molecule has 3 heteroatoms. The second-order valence-corrected chi connectivity index (χ2v) is 9.09. The highest BCUT2D eigenvalue weighted by Gasteiger charge is 2.34. The maximum Gasteiger partial charge on any atom is 0.310 e. The Balaban J connectivity index is 1.58. The van der Waals surface area contributed by atoms with Crippen molar-refractivity contribution in [3.63, 3.8) is 0 Å². The number of ether oxygens (including phenoxy) is 1. The van der Waals surface area contributed by atoms with E-state index in [0.29, 0.717) is 11.8 Å². The van der Waals surface area contributed by atoms with Gasteiger partial charge in [-0.15, -0.1) is 0 Å². The van der Waals surface area contributed by atoms with Crippen molar-refractivity contribution >= 4 is 5.97 Å². The van der Waals surface area contributed by atoms with Gasteiger partial charge in [0.05, 0.1) is 5.92 Å². The van der Waals surface area contributed by atoms with Gasteiger partial charge in [-0.1, -0.05) is 38.8 Å². The van der Waals surface area contributed by atoms with E-state index in [0.717, 1.165) is 25.6 Å². The standard InChI is InChI=1S/C22H37NO2/c1-16(2)21(20-13-18-8-7-9-19(12-18)14-20)25-22(24)17(3)15-23-10-5-4-6-11-23/h13,16-17,19-21H,4-12,14-15H2,1-3H3. The van der Waals surface area contributed by atoms with Crippen LogP contribution in [0.15, 0.2) is 11.6 Å². The Morgan fingerprint density at radius 2 is 1.96 bits per heavy atom. The largest absolute Gasteiger partial charge is 0.461 e. The van der Waals surface area contributed by atoms with Crippen LogP contribution in [0.3, 0.4) is 0 Å². The van der Waals surface area contributed by atoms with Crippen LogP contribution in [0.1, 0.15) is 72.1 Å². The van der Waals surface area contributed by atoms with Crippen molar-refractivity contribution in [2.45, 2.75) is 78.2 Å². The molecule has 3 nitrogen and oxygen atoms in total. The third kappa shape index (κ3) is 5.09. The van der Waals surface area contributed by atoms with Crippen molar-refractivity contribution < 1.29 is 9.53 Å². The number of allylic oxidation sites excluding steroid dienone is 1. The molecule has 0 N–H and O–H groups in total. The molecule has 3 aliphatic rings. The number of nitrogens with zero attached hydrogens (tertiary/aromatic N) is 1. The molecule has 0 aromatic carbocycles. The van der Waals surface area contributed by atoms with E-state index in [9.17, 15) is 4.79 Å². The third-order valence-electron chi connectivity index (χ3n) is 6.43. The van der Waals surface area contributed by atoms with Gasteiger partial charge in [-0.25, -0.2) is 0 Å². The molecule has 0 spiro atoms. The highest BCUT2D eigenvalue weighted by Crippen LogP contribution is 2.41. The quantitative estimate of drug-likeness (QED) is 0.510. The molecule has 4 atom stereocenters. The molecule has 2 aliphatic carbocycles. The number of likely N-dealkylation sites (tertiary alicyclic amines) is 1. The highest BCUT2D eigenvalue weighted by atomic mass is 16.5. The summed E-state index contributed by atoms with van der Waals surface area (Å²) in [6.45, 7) is 9.59. The second-order valence-electron chi connectivity index (χ2n) is 9.09. The lowest BCUT2D eigenvalue weighted by Crippen LogP contribution is -2.40. The van der Waals surface area contributed by atoms with Gasteiger partial charge < -0.3 is 9.64 Å². The molecule has 0 amide bonds. The van der Waals surface area contributed by atoms with Crippen molar-refractivity contribution in [1.29, 1.82) is 0 Å². The molecule has 0 aromatic heterocycles. The minimum atomic E-state index is -0.0184. The van der Waals surface area contributed by atoms with Gasteiger partial charge in [-0.2, -0.15) is 0 Å². The average Bonchev–Trinajstić information content (AvgIpc) is 2.59. The number of carbonyl (C=O) groups excluding carboxylic acids is 1. The van der Waals surface area contributed by atoms with Crippen LogP contribution >= 0.6 is 0 Å². The first-order chi connectivity index (χ1) is 12.0. The molecule has 25 heavy (non-hydrogen) atoms. The molecular weight excluding hydrogens is 310 g/mol. The number of hydrogen-bond acceptors (Lipinski definition) is 3. The Morgan fingerprint density at radius 3 is 2.64 bits per heavy atom. The Morgan fingerprint density at radius 1 is 1.20 bits per heavy atom. The first kappa shape index (κ1) is 18.9. The van der Waals surface area contributed by atoms with Gasteiger partial charge in [0.25, 0.3) is 0 Å². The monoisotopic (exact) mass is 347 g/mol. The maximum atomic E-state index is 12.8. The molecule has 0 aromatic rings. The van der Waals surface area contributed by atoms with Crippen LogP contribution in [0.5, 0.6) is 0 Å². The zero-order valence-corrected chi connectivity index (χ0v) is 16.5. The van der Waals surface area contributed by atoms with Crippen LogP contribution in [0, 0.1) is 23.7 Å². The van der Waals surface area contributed by atoms with E-state index in [1.54, 1.807) is 5.57 Å². The smallest absolute Gasteiger partial charge is 0.310 e. The molecule has 1 aliphatic heterocycles. The number of hydrogen-bond donors (Lipinski definition) is 0. The molecule has 2 bridgehead atoms. The zero-order chi connectivity index (χ0) is 17.8. The van der Waals surface area contributed by atoms with Crippen LogP contribution in [0.25, 0.3) is 0 Å². The molecule has 4 unspecified atom stereocenters. The SMILES string of the molecule is CC(CN1CCCCC1)C(=O)OC(C(C)C)C1C=C2CCCC(C2)C1. The zero-order valence-electron chi connectivity index (χ0n) is 16.5. The maximum absolute atomic E-state index is 12.8. The minimum Gasteiger partial charge on any atom is -0.461 e. The number of esters is 1. The number of fused-ring (bicyclic) bond motifs is 2. The van der Waals surface area contributed by atoms with Gasteiger partial charge in [0, 0.05) is 12.5 Å². The van der Waals surface area contributed by atoms with Gasteiger partial charge >= 0.3 is 5.97 Å². The van der Waals surface area contributed by atoms with Crippen molar-refractivity contribution in [3.8, 4) is 0 Å². The van der Waals surface area contributed by atoms with Crippen LogP contribution in [-0.2, 0) is 9.53 Å². The van der Waals surface area contributed by atoms with Crippen LogP contribution in [-0.4, -0.2) is 36.6 Å². The Labute approximate surface area is 154 Å². The predicted molar refractivity (Wildman–Crippen MR) is 102 cm³/mol. The fourth-order valence-corrected chi connectivity index (χ4v) is 5.10. The van der Waals surface area contributed by atoms with E-state index in [-0.39, 0.29) is 18.0 Å².